The summed E-state index contributed by atoms with van der Waals surface area (Å²) in [5.74, 6) is 0. The van der Waals surface area contributed by atoms with E-state index < -0.39 is 9.84 Å². The molecule has 0 spiro atoms. The number of hydrogen-bond donors (Lipinski definition) is 0. The molecule has 0 fully saturated rings. The lowest BCUT2D eigenvalue weighted by atomic mass is 10.7. The molecule has 2 rings (SSSR count). The number of sulfone groups is 1. The summed E-state index contributed by atoms with van der Waals surface area (Å²) in [6, 6.07) is 4.99. The van der Waals surface area contributed by atoms with Gasteiger partial charge in [0.25, 0.3) is 0 Å². The van der Waals surface area contributed by atoms with Crippen LogP contribution in [0, 0.1) is 0 Å². The highest BCUT2D eigenvalue weighted by molar-refractivity contribution is 7.93. The molecule has 0 aliphatic carbocycles. The Morgan fingerprint density at radius 1 is 1.15 bits per heavy atom. The van der Waals surface area contributed by atoms with E-state index in [-0.39, 0.29) is 0 Å². The van der Waals surface area contributed by atoms with Crippen molar-refractivity contribution in [3.8, 4) is 0 Å². The Labute approximate surface area is 84.4 Å². The second-order valence-electron chi connectivity index (χ2n) is 2.39. The molecule has 0 aliphatic rings. The molecule has 68 valence electrons. The summed E-state index contributed by atoms with van der Waals surface area (Å²) in [4.78, 5) is 0.389. The maximum absolute atomic E-state index is 11.8. The zero-order chi connectivity index (χ0) is 9.31. The molecule has 0 unspecified atom stereocenters. The molecule has 13 heavy (non-hydrogen) atoms. The van der Waals surface area contributed by atoms with Gasteiger partial charge in [0, 0.05) is 5.38 Å². The number of thiophene rings is 2. The summed E-state index contributed by atoms with van der Waals surface area (Å²) in [5, 5.41) is 5.18. The molecular weight excluding hydrogens is 224 g/mol. The summed E-state index contributed by atoms with van der Waals surface area (Å²) in [6.45, 7) is 0. The first-order valence-corrected chi connectivity index (χ1v) is 6.82. The molecule has 5 heteroatoms. The minimum absolute atomic E-state index is 0.389. The Morgan fingerprint density at radius 2 is 2.00 bits per heavy atom. The van der Waals surface area contributed by atoms with Crippen LogP contribution in [0.2, 0.25) is 0 Å². The second kappa shape index (κ2) is 3.25. The van der Waals surface area contributed by atoms with Crippen molar-refractivity contribution in [1.29, 1.82) is 0 Å². The van der Waals surface area contributed by atoms with Gasteiger partial charge in [-0.05, 0) is 22.9 Å². The van der Waals surface area contributed by atoms with Crippen molar-refractivity contribution in [3.63, 3.8) is 0 Å². The van der Waals surface area contributed by atoms with E-state index in [0.717, 1.165) is 0 Å². The first-order valence-electron chi connectivity index (χ1n) is 3.52. The fourth-order valence-electron chi connectivity index (χ4n) is 0.937. The summed E-state index contributed by atoms with van der Waals surface area (Å²) < 4.78 is 24.0. The smallest absolute Gasteiger partial charge is 0.216 e. The van der Waals surface area contributed by atoms with Crippen LogP contribution in [0.25, 0.3) is 0 Å². The Morgan fingerprint density at radius 3 is 2.54 bits per heavy atom. The van der Waals surface area contributed by atoms with Gasteiger partial charge >= 0.3 is 0 Å². The van der Waals surface area contributed by atoms with E-state index in [0.29, 0.717) is 9.10 Å². The van der Waals surface area contributed by atoms with Gasteiger partial charge in [0.2, 0.25) is 9.84 Å². The summed E-state index contributed by atoms with van der Waals surface area (Å²) in [7, 11) is -3.22. The molecule has 0 bridgehead atoms. The highest BCUT2D eigenvalue weighted by atomic mass is 32.2. The van der Waals surface area contributed by atoms with Crippen molar-refractivity contribution >= 4 is 32.5 Å². The van der Waals surface area contributed by atoms with Gasteiger partial charge in [-0.2, -0.15) is 11.3 Å². The Bertz CT molecular complexity index is 425. The van der Waals surface area contributed by atoms with Gasteiger partial charge in [-0.15, -0.1) is 11.3 Å². The van der Waals surface area contributed by atoms with Crippen LogP contribution in [0.5, 0.6) is 0 Å². The monoisotopic (exact) mass is 230 g/mol. The highest BCUT2D eigenvalue weighted by Gasteiger charge is 2.18. The average Bonchev–Trinajstić information content (AvgIpc) is 2.78. The first-order chi connectivity index (χ1) is 6.21. The lowest BCUT2D eigenvalue weighted by Gasteiger charge is -1.95. The predicted octanol–water partition coefficient (Wildman–Crippen LogP) is 2.64. The van der Waals surface area contributed by atoms with Crippen molar-refractivity contribution < 1.29 is 8.42 Å². The van der Waals surface area contributed by atoms with Gasteiger partial charge in [-0.1, -0.05) is 6.07 Å². The fraction of sp³-hybridized carbons (Fsp3) is 0. The van der Waals surface area contributed by atoms with Gasteiger partial charge in [-0.25, -0.2) is 8.42 Å². The van der Waals surface area contributed by atoms with Crippen LogP contribution in [0.1, 0.15) is 0 Å². The molecule has 2 heterocycles. The van der Waals surface area contributed by atoms with Gasteiger partial charge in [0.15, 0.2) is 0 Å². The van der Waals surface area contributed by atoms with Crippen molar-refractivity contribution in [3.05, 3.63) is 34.3 Å². The Kier molecular flexibility index (Phi) is 2.23. The molecule has 2 nitrogen and oxygen atoms in total. The lowest BCUT2D eigenvalue weighted by molar-refractivity contribution is 0.598. The maximum atomic E-state index is 11.8. The van der Waals surface area contributed by atoms with Gasteiger partial charge < -0.3 is 0 Å². The Balaban J connectivity index is 2.56. The fourth-order valence-corrected chi connectivity index (χ4v) is 4.36. The molecule has 0 atom stereocenters. The van der Waals surface area contributed by atoms with E-state index in [1.54, 1.807) is 34.3 Å². The van der Waals surface area contributed by atoms with Crippen LogP contribution >= 0.6 is 22.7 Å². The summed E-state index contributed by atoms with van der Waals surface area (Å²) >= 11 is 2.63. The maximum Gasteiger partial charge on any atom is 0.216 e. The van der Waals surface area contributed by atoms with E-state index in [2.05, 4.69) is 0 Å². The molecular formula is C8H6O2S3. The van der Waals surface area contributed by atoms with E-state index in [1.807, 2.05) is 0 Å². The van der Waals surface area contributed by atoms with Crippen LogP contribution in [0.15, 0.2) is 43.4 Å². The molecule has 0 N–H and O–H groups in total. The van der Waals surface area contributed by atoms with E-state index >= 15 is 0 Å². The standard InChI is InChI=1S/C8H6O2S3/c9-13(10,7-3-5-11-6-7)8-2-1-4-12-8/h1-6H. The summed E-state index contributed by atoms with van der Waals surface area (Å²) in [6.07, 6.45) is 0. The van der Waals surface area contributed by atoms with E-state index in [9.17, 15) is 8.42 Å². The molecule has 0 aromatic carbocycles. The van der Waals surface area contributed by atoms with Crippen molar-refractivity contribution in [1.82, 2.24) is 0 Å². The zero-order valence-electron chi connectivity index (χ0n) is 6.51. The van der Waals surface area contributed by atoms with Crippen molar-refractivity contribution in [2.45, 2.75) is 9.10 Å². The third-order valence-electron chi connectivity index (χ3n) is 1.57. The van der Waals surface area contributed by atoms with E-state index in [4.69, 9.17) is 0 Å². The predicted molar refractivity (Wildman–Crippen MR) is 54.1 cm³/mol. The third-order valence-corrected chi connectivity index (χ3v) is 5.55. The largest absolute Gasteiger partial charge is 0.218 e. The van der Waals surface area contributed by atoms with Crippen LogP contribution in [-0.2, 0) is 9.84 Å². The van der Waals surface area contributed by atoms with Crippen LogP contribution < -0.4 is 0 Å². The number of hydrogen-bond acceptors (Lipinski definition) is 4. The normalized spacial score (nSPS) is 11.7. The van der Waals surface area contributed by atoms with Gasteiger partial charge in [-0.3, -0.25) is 0 Å². The minimum atomic E-state index is -3.22. The van der Waals surface area contributed by atoms with Crippen LogP contribution in [0.4, 0.5) is 0 Å². The second-order valence-corrected chi connectivity index (χ2v) is 6.30. The highest BCUT2D eigenvalue weighted by Crippen LogP contribution is 2.25. The Hall–Kier alpha value is -0.650. The third kappa shape index (κ3) is 1.54. The lowest BCUT2D eigenvalue weighted by Crippen LogP contribution is -1.96. The molecule has 0 aliphatic heterocycles. The molecule has 0 radical (unpaired) electrons. The SMILES string of the molecule is O=S(=O)(c1ccsc1)c1cccs1. The first kappa shape index (κ1) is 8.93. The molecule has 0 saturated heterocycles. The van der Waals surface area contributed by atoms with Gasteiger partial charge in [0.05, 0.1) is 4.90 Å². The molecule has 2 aromatic rings. The topological polar surface area (TPSA) is 34.1 Å². The van der Waals surface area contributed by atoms with Crippen molar-refractivity contribution in [2.75, 3.05) is 0 Å². The zero-order valence-corrected chi connectivity index (χ0v) is 8.95. The van der Waals surface area contributed by atoms with Crippen LogP contribution in [-0.4, -0.2) is 8.42 Å². The van der Waals surface area contributed by atoms with Crippen LogP contribution in [0.3, 0.4) is 0 Å². The van der Waals surface area contributed by atoms with Gasteiger partial charge in [0.1, 0.15) is 4.21 Å². The summed E-state index contributed by atoms with van der Waals surface area (Å²) in [5.41, 5.74) is 0. The quantitative estimate of drug-likeness (QED) is 0.794. The molecule has 0 saturated carbocycles. The average molecular weight is 230 g/mol. The van der Waals surface area contributed by atoms with Crippen molar-refractivity contribution in [2.24, 2.45) is 0 Å². The minimum Gasteiger partial charge on any atom is -0.218 e. The number of rotatable bonds is 2. The molecule has 0 amide bonds. The molecule has 2 aromatic heterocycles. The van der Waals surface area contributed by atoms with E-state index in [1.165, 1.54) is 22.7 Å².